The van der Waals surface area contributed by atoms with Crippen LogP contribution in [0.3, 0.4) is 0 Å². The minimum atomic E-state index is 0.562. The van der Waals surface area contributed by atoms with Gasteiger partial charge in [-0.05, 0) is 50.8 Å². The summed E-state index contributed by atoms with van der Waals surface area (Å²) in [5.41, 5.74) is 1.35. The van der Waals surface area contributed by atoms with E-state index < -0.39 is 0 Å². The summed E-state index contributed by atoms with van der Waals surface area (Å²) in [6.45, 7) is 10.3. The number of hydrogen-bond donors (Lipinski definition) is 1. The van der Waals surface area contributed by atoms with Crippen molar-refractivity contribution >= 4 is 5.96 Å². The zero-order valence-corrected chi connectivity index (χ0v) is 17.2. The van der Waals surface area contributed by atoms with E-state index in [1.165, 1.54) is 37.9 Å². The summed E-state index contributed by atoms with van der Waals surface area (Å²) in [6.07, 6.45) is 7.81. The molecular formula is C20H36N6O. The average molecular weight is 377 g/mol. The van der Waals surface area contributed by atoms with Crippen molar-refractivity contribution in [3.63, 3.8) is 0 Å². The van der Waals surface area contributed by atoms with Gasteiger partial charge in [0.25, 0.3) is 0 Å². The van der Waals surface area contributed by atoms with Crippen molar-refractivity contribution in [1.82, 2.24) is 24.9 Å². The van der Waals surface area contributed by atoms with Gasteiger partial charge in [0.1, 0.15) is 0 Å². The van der Waals surface area contributed by atoms with Crippen LogP contribution in [0.5, 0.6) is 0 Å². The molecule has 0 radical (unpaired) electrons. The molecule has 0 amide bonds. The molecule has 2 saturated heterocycles. The van der Waals surface area contributed by atoms with Gasteiger partial charge in [-0.1, -0.05) is 0 Å². The highest BCUT2D eigenvalue weighted by Crippen LogP contribution is 2.27. The Morgan fingerprint density at radius 1 is 1.30 bits per heavy atom. The Labute approximate surface area is 163 Å². The second kappa shape index (κ2) is 10.1. The van der Waals surface area contributed by atoms with E-state index in [4.69, 9.17) is 9.73 Å². The number of hydrogen-bond acceptors (Lipinski definition) is 4. The summed E-state index contributed by atoms with van der Waals surface area (Å²) < 4.78 is 7.09. The van der Waals surface area contributed by atoms with Crippen LogP contribution in [0, 0.1) is 5.92 Å². The molecule has 0 bridgehead atoms. The minimum absolute atomic E-state index is 0.562. The predicted molar refractivity (Wildman–Crippen MR) is 109 cm³/mol. The maximum absolute atomic E-state index is 5.19. The number of nitrogens with zero attached hydrogens (tertiary/aromatic N) is 5. The van der Waals surface area contributed by atoms with Gasteiger partial charge in [0.05, 0.1) is 12.8 Å². The molecule has 3 rings (SSSR count). The van der Waals surface area contributed by atoms with Crippen molar-refractivity contribution in [2.75, 3.05) is 59.5 Å². The third-order valence-electron chi connectivity index (χ3n) is 5.84. The number of piperidine rings is 1. The Hall–Kier alpha value is -1.60. The molecule has 7 heteroatoms. The fourth-order valence-corrected chi connectivity index (χ4v) is 4.13. The molecule has 0 aliphatic carbocycles. The molecule has 2 aliphatic rings. The van der Waals surface area contributed by atoms with Gasteiger partial charge in [-0.25, -0.2) is 0 Å². The van der Waals surface area contributed by atoms with Crippen molar-refractivity contribution in [3.8, 4) is 0 Å². The van der Waals surface area contributed by atoms with Crippen LogP contribution in [0.1, 0.15) is 37.7 Å². The quantitative estimate of drug-likeness (QED) is 0.578. The number of aliphatic imine (C=N–C) groups is 1. The number of aryl methyl sites for hydroxylation is 1. The van der Waals surface area contributed by atoms with Crippen molar-refractivity contribution in [2.24, 2.45) is 18.0 Å². The van der Waals surface area contributed by atoms with E-state index in [-0.39, 0.29) is 0 Å². The molecule has 0 saturated carbocycles. The normalized spacial score (nSPS) is 22.6. The number of aromatic nitrogens is 2. The molecule has 3 heterocycles. The number of ether oxygens (including phenoxy) is 1. The standard InChI is InChI=1S/C20H36N6O/c1-4-21-20(22-13-17-5-8-25(9-6-17)11-12-27-3)26-10-7-18(16-26)19-14-23-24(2)15-19/h14-15,17-18H,4-13,16H2,1-3H3,(H,21,22). The van der Waals surface area contributed by atoms with Gasteiger partial charge >= 0.3 is 0 Å². The zero-order chi connectivity index (χ0) is 19.1. The first-order chi connectivity index (χ1) is 13.2. The van der Waals surface area contributed by atoms with Crippen LogP contribution in [-0.2, 0) is 11.8 Å². The number of likely N-dealkylation sites (tertiary alicyclic amines) is 2. The number of methoxy groups -OCH3 is 1. The lowest BCUT2D eigenvalue weighted by Gasteiger charge is -2.31. The Bertz CT molecular complexity index is 593. The minimum Gasteiger partial charge on any atom is -0.383 e. The largest absolute Gasteiger partial charge is 0.383 e. The third kappa shape index (κ3) is 5.69. The molecular weight excluding hydrogens is 340 g/mol. The highest BCUT2D eigenvalue weighted by atomic mass is 16.5. The van der Waals surface area contributed by atoms with Gasteiger partial charge in [-0.2, -0.15) is 5.10 Å². The van der Waals surface area contributed by atoms with Crippen LogP contribution in [0.15, 0.2) is 17.4 Å². The summed E-state index contributed by atoms with van der Waals surface area (Å²) >= 11 is 0. The van der Waals surface area contributed by atoms with Gasteiger partial charge in [0, 0.05) is 59.0 Å². The smallest absolute Gasteiger partial charge is 0.193 e. The summed E-state index contributed by atoms with van der Waals surface area (Å²) in [6, 6.07) is 0. The van der Waals surface area contributed by atoms with Crippen molar-refractivity contribution in [1.29, 1.82) is 0 Å². The summed E-state index contributed by atoms with van der Waals surface area (Å²) in [7, 11) is 3.77. The molecule has 152 valence electrons. The fourth-order valence-electron chi connectivity index (χ4n) is 4.13. The lowest BCUT2D eigenvalue weighted by molar-refractivity contribution is 0.121. The molecule has 1 atom stereocenters. The van der Waals surface area contributed by atoms with Crippen molar-refractivity contribution in [2.45, 2.75) is 32.1 Å². The molecule has 2 fully saturated rings. The predicted octanol–water partition coefficient (Wildman–Crippen LogP) is 1.53. The molecule has 1 unspecified atom stereocenters. The van der Waals surface area contributed by atoms with Gasteiger partial charge in [-0.15, -0.1) is 0 Å². The van der Waals surface area contributed by atoms with E-state index in [0.29, 0.717) is 11.8 Å². The highest BCUT2D eigenvalue weighted by molar-refractivity contribution is 5.80. The van der Waals surface area contributed by atoms with Crippen molar-refractivity contribution < 1.29 is 4.74 Å². The van der Waals surface area contributed by atoms with E-state index in [2.05, 4.69) is 33.3 Å². The fraction of sp³-hybridized carbons (Fsp3) is 0.800. The van der Waals surface area contributed by atoms with Crippen LogP contribution >= 0.6 is 0 Å². The Morgan fingerprint density at radius 3 is 2.78 bits per heavy atom. The van der Waals surface area contributed by atoms with E-state index in [1.54, 1.807) is 7.11 Å². The van der Waals surface area contributed by atoms with Gasteiger partial charge in [0.2, 0.25) is 0 Å². The first-order valence-corrected chi connectivity index (χ1v) is 10.4. The second-order valence-corrected chi connectivity index (χ2v) is 7.85. The SMILES string of the molecule is CCNC(=NCC1CCN(CCOC)CC1)N1CCC(c2cnn(C)c2)C1. The lowest BCUT2D eigenvalue weighted by Crippen LogP contribution is -2.41. The molecule has 1 aromatic rings. The molecule has 1 aromatic heterocycles. The second-order valence-electron chi connectivity index (χ2n) is 7.85. The summed E-state index contributed by atoms with van der Waals surface area (Å²) in [4.78, 5) is 9.94. The average Bonchev–Trinajstić information content (AvgIpc) is 3.33. The Balaban J connectivity index is 1.50. The maximum Gasteiger partial charge on any atom is 0.193 e. The molecule has 0 spiro atoms. The highest BCUT2D eigenvalue weighted by Gasteiger charge is 2.27. The van der Waals surface area contributed by atoms with E-state index in [1.807, 2.05) is 17.9 Å². The summed E-state index contributed by atoms with van der Waals surface area (Å²) in [5, 5.41) is 7.84. The summed E-state index contributed by atoms with van der Waals surface area (Å²) in [5.74, 6) is 2.35. The Morgan fingerprint density at radius 2 is 2.11 bits per heavy atom. The molecule has 0 aromatic carbocycles. The van der Waals surface area contributed by atoms with E-state index in [0.717, 1.165) is 45.3 Å². The van der Waals surface area contributed by atoms with Gasteiger partial charge in [-0.3, -0.25) is 9.67 Å². The van der Waals surface area contributed by atoms with Gasteiger partial charge < -0.3 is 19.9 Å². The maximum atomic E-state index is 5.19. The van der Waals surface area contributed by atoms with Crippen LogP contribution in [0.25, 0.3) is 0 Å². The molecule has 7 nitrogen and oxygen atoms in total. The third-order valence-corrected chi connectivity index (χ3v) is 5.84. The zero-order valence-electron chi connectivity index (χ0n) is 17.2. The van der Waals surface area contributed by atoms with Crippen LogP contribution in [-0.4, -0.2) is 85.1 Å². The van der Waals surface area contributed by atoms with E-state index >= 15 is 0 Å². The topological polar surface area (TPSA) is 57.9 Å². The van der Waals surface area contributed by atoms with Crippen LogP contribution in [0.2, 0.25) is 0 Å². The lowest BCUT2D eigenvalue weighted by atomic mass is 9.97. The first kappa shape index (κ1) is 20.1. The molecule has 2 aliphatic heterocycles. The first-order valence-electron chi connectivity index (χ1n) is 10.4. The van der Waals surface area contributed by atoms with Gasteiger partial charge in [0.15, 0.2) is 5.96 Å². The molecule has 27 heavy (non-hydrogen) atoms. The number of guanidine groups is 1. The van der Waals surface area contributed by atoms with Crippen LogP contribution < -0.4 is 5.32 Å². The van der Waals surface area contributed by atoms with E-state index in [9.17, 15) is 0 Å². The monoisotopic (exact) mass is 376 g/mol. The Kier molecular flexibility index (Phi) is 7.52. The van der Waals surface area contributed by atoms with Crippen LogP contribution in [0.4, 0.5) is 0 Å². The van der Waals surface area contributed by atoms with Crippen molar-refractivity contribution in [3.05, 3.63) is 18.0 Å². The molecule has 1 N–H and O–H groups in total. The number of nitrogens with one attached hydrogen (secondary N) is 1. The number of rotatable bonds is 7.